The molecule has 0 aliphatic carbocycles. The van der Waals surface area contributed by atoms with E-state index in [2.05, 4.69) is 0 Å². The largest absolute Gasteiger partial charge is 0.462 e. The third-order valence-electron chi connectivity index (χ3n) is 2.16. The van der Waals surface area contributed by atoms with Crippen LogP contribution >= 0.6 is 0 Å². The summed E-state index contributed by atoms with van der Waals surface area (Å²) in [6, 6.07) is 0. The number of rotatable bonds is 9. The Labute approximate surface area is 108 Å². The van der Waals surface area contributed by atoms with Crippen LogP contribution in [0.5, 0.6) is 0 Å². The predicted octanol–water partition coefficient (Wildman–Crippen LogP) is 1.59. The van der Waals surface area contributed by atoms with Gasteiger partial charge in [-0.1, -0.05) is 13.0 Å². The maximum Gasteiger partial charge on any atom is 0.345 e. The smallest absolute Gasteiger partial charge is 0.345 e. The first-order chi connectivity index (χ1) is 8.67. The van der Waals surface area contributed by atoms with E-state index in [1.54, 1.807) is 6.92 Å². The summed E-state index contributed by atoms with van der Waals surface area (Å²) in [6.45, 7) is 4.12. The van der Waals surface area contributed by atoms with Crippen LogP contribution in [-0.2, 0) is 19.1 Å². The number of hydrogen-bond donors (Lipinski definition) is 1. The van der Waals surface area contributed by atoms with Gasteiger partial charge in [-0.3, -0.25) is 0 Å². The molecule has 0 heterocycles. The number of unbranched alkanes of at least 4 members (excludes halogenated alkanes) is 2. The number of carbonyl (C=O) groups excluding carboxylic acids is 2. The lowest BCUT2D eigenvalue weighted by Gasteiger charge is -2.07. The summed E-state index contributed by atoms with van der Waals surface area (Å²) < 4.78 is 9.76. The molecular formula is C13H22O5. The van der Waals surface area contributed by atoms with Gasteiger partial charge >= 0.3 is 11.9 Å². The van der Waals surface area contributed by atoms with Crippen LogP contribution in [0.15, 0.2) is 11.6 Å². The predicted molar refractivity (Wildman–Crippen MR) is 66.9 cm³/mol. The Morgan fingerprint density at radius 1 is 1.06 bits per heavy atom. The Balaban J connectivity index is 4.16. The molecule has 0 aromatic carbocycles. The molecular weight excluding hydrogens is 236 g/mol. The zero-order chi connectivity index (χ0) is 13.8. The molecule has 104 valence electrons. The lowest BCUT2D eigenvalue weighted by molar-refractivity contribution is -0.147. The fourth-order valence-corrected chi connectivity index (χ4v) is 1.30. The average Bonchev–Trinajstić information content (AvgIpc) is 2.35. The highest BCUT2D eigenvalue weighted by atomic mass is 16.6. The van der Waals surface area contributed by atoms with Crippen molar-refractivity contribution in [2.45, 2.75) is 39.5 Å². The molecule has 0 fully saturated rings. The van der Waals surface area contributed by atoms with Crippen molar-refractivity contribution in [3.63, 3.8) is 0 Å². The van der Waals surface area contributed by atoms with Gasteiger partial charge in [-0.05, 0) is 32.6 Å². The Bertz CT molecular complexity index is 283. The molecule has 0 bridgehead atoms. The standard InChI is InChI=1S/C13H22O5/c1-3-8-11(12(15)17-4-2)13(16)18-10-7-5-6-9-14/h8,14H,3-7,9-10H2,1-2H3. The topological polar surface area (TPSA) is 72.8 Å². The van der Waals surface area contributed by atoms with Gasteiger partial charge in [0, 0.05) is 6.61 Å². The highest BCUT2D eigenvalue weighted by molar-refractivity contribution is 6.14. The maximum absolute atomic E-state index is 11.6. The van der Waals surface area contributed by atoms with Crippen LogP contribution in [-0.4, -0.2) is 36.9 Å². The van der Waals surface area contributed by atoms with Gasteiger partial charge in [0.25, 0.3) is 0 Å². The summed E-state index contributed by atoms with van der Waals surface area (Å²) in [5.41, 5.74) is -0.0403. The molecule has 0 atom stereocenters. The molecule has 5 nitrogen and oxygen atoms in total. The average molecular weight is 258 g/mol. The van der Waals surface area contributed by atoms with Crippen molar-refractivity contribution >= 4 is 11.9 Å². The number of hydrogen-bond acceptors (Lipinski definition) is 5. The van der Waals surface area contributed by atoms with Crippen LogP contribution in [0, 0.1) is 0 Å². The monoisotopic (exact) mass is 258 g/mol. The number of aliphatic hydroxyl groups is 1. The van der Waals surface area contributed by atoms with Crippen molar-refractivity contribution in [3.8, 4) is 0 Å². The van der Waals surface area contributed by atoms with E-state index in [9.17, 15) is 9.59 Å². The quantitative estimate of drug-likeness (QED) is 0.223. The molecule has 1 N–H and O–H groups in total. The molecule has 0 aliphatic heterocycles. The van der Waals surface area contributed by atoms with Crippen LogP contribution in [0.1, 0.15) is 39.5 Å². The molecule has 0 saturated heterocycles. The zero-order valence-electron chi connectivity index (χ0n) is 11.1. The molecule has 0 aliphatic rings. The van der Waals surface area contributed by atoms with E-state index in [4.69, 9.17) is 14.6 Å². The van der Waals surface area contributed by atoms with Crippen molar-refractivity contribution in [3.05, 3.63) is 11.6 Å². The molecule has 0 saturated carbocycles. The normalized spacial score (nSPS) is 11.2. The van der Waals surface area contributed by atoms with Crippen LogP contribution in [0.4, 0.5) is 0 Å². The van der Waals surface area contributed by atoms with E-state index in [0.717, 1.165) is 6.42 Å². The second-order valence-electron chi connectivity index (χ2n) is 3.67. The van der Waals surface area contributed by atoms with Gasteiger partial charge in [-0.2, -0.15) is 0 Å². The summed E-state index contributed by atoms with van der Waals surface area (Å²) in [7, 11) is 0. The van der Waals surface area contributed by atoms with Crippen molar-refractivity contribution in [2.75, 3.05) is 19.8 Å². The molecule has 0 rings (SSSR count). The van der Waals surface area contributed by atoms with Gasteiger partial charge in [0.2, 0.25) is 0 Å². The second-order valence-corrected chi connectivity index (χ2v) is 3.67. The van der Waals surface area contributed by atoms with Crippen LogP contribution in [0.2, 0.25) is 0 Å². The van der Waals surface area contributed by atoms with Crippen LogP contribution in [0.25, 0.3) is 0 Å². The van der Waals surface area contributed by atoms with E-state index in [1.165, 1.54) is 6.08 Å². The Morgan fingerprint density at radius 3 is 2.28 bits per heavy atom. The third kappa shape index (κ3) is 7.06. The number of ether oxygens (including phenoxy) is 2. The van der Waals surface area contributed by atoms with E-state index in [0.29, 0.717) is 19.3 Å². The van der Waals surface area contributed by atoms with E-state index < -0.39 is 11.9 Å². The second kappa shape index (κ2) is 10.8. The van der Waals surface area contributed by atoms with Crippen molar-refractivity contribution in [1.82, 2.24) is 0 Å². The van der Waals surface area contributed by atoms with Crippen molar-refractivity contribution in [1.29, 1.82) is 0 Å². The van der Waals surface area contributed by atoms with Gasteiger partial charge in [0.05, 0.1) is 13.2 Å². The maximum atomic E-state index is 11.6. The first-order valence-corrected chi connectivity index (χ1v) is 6.32. The first kappa shape index (κ1) is 16.6. The van der Waals surface area contributed by atoms with Gasteiger partial charge in [-0.15, -0.1) is 0 Å². The highest BCUT2D eigenvalue weighted by Crippen LogP contribution is 2.05. The van der Waals surface area contributed by atoms with Gasteiger partial charge in [0.1, 0.15) is 5.57 Å². The highest BCUT2D eigenvalue weighted by Gasteiger charge is 2.20. The van der Waals surface area contributed by atoms with Crippen molar-refractivity contribution in [2.24, 2.45) is 0 Å². The summed E-state index contributed by atoms with van der Waals surface area (Å²) in [4.78, 5) is 23.1. The van der Waals surface area contributed by atoms with E-state index in [1.807, 2.05) is 6.92 Å². The first-order valence-electron chi connectivity index (χ1n) is 6.32. The fraction of sp³-hybridized carbons (Fsp3) is 0.692. The zero-order valence-corrected chi connectivity index (χ0v) is 11.1. The Kier molecular flexibility index (Phi) is 9.96. The SMILES string of the molecule is CCC=C(C(=O)OCC)C(=O)OCCCCCO. The van der Waals surface area contributed by atoms with E-state index in [-0.39, 0.29) is 25.4 Å². The number of aliphatic hydroxyl groups excluding tert-OH is 1. The third-order valence-corrected chi connectivity index (χ3v) is 2.16. The molecule has 0 aromatic heterocycles. The summed E-state index contributed by atoms with van der Waals surface area (Å²) in [6.07, 6.45) is 4.22. The summed E-state index contributed by atoms with van der Waals surface area (Å²) >= 11 is 0. The molecule has 0 radical (unpaired) electrons. The Hall–Kier alpha value is -1.36. The minimum Gasteiger partial charge on any atom is -0.462 e. The van der Waals surface area contributed by atoms with Gasteiger partial charge in [-0.25, -0.2) is 9.59 Å². The molecule has 18 heavy (non-hydrogen) atoms. The fourth-order valence-electron chi connectivity index (χ4n) is 1.30. The number of esters is 2. The van der Waals surface area contributed by atoms with Crippen LogP contribution < -0.4 is 0 Å². The lowest BCUT2D eigenvalue weighted by atomic mass is 10.2. The van der Waals surface area contributed by atoms with Crippen molar-refractivity contribution < 1.29 is 24.2 Å². The molecule has 0 spiro atoms. The lowest BCUT2D eigenvalue weighted by Crippen LogP contribution is -2.19. The molecule has 5 heteroatoms. The minimum atomic E-state index is -0.640. The van der Waals surface area contributed by atoms with Crippen LogP contribution in [0.3, 0.4) is 0 Å². The minimum absolute atomic E-state index is 0.0403. The van der Waals surface area contributed by atoms with Gasteiger partial charge in [0.15, 0.2) is 0 Å². The Morgan fingerprint density at radius 2 is 1.72 bits per heavy atom. The molecule has 0 amide bonds. The summed E-state index contributed by atoms with van der Waals surface area (Å²) in [5, 5.41) is 8.59. The molecule has 0 aromatic rings. The number of allylic oxidation sites excluding steroid dienone is 1. The van der Waals surface area contributed by atoms with Gasteiger partial charge < -0.3 is 14.6 Å². The summed E-state index contributed by atoms with van der Waals surface area (Å²) in [5.74, 6) is -1.28. The van der Waals surface area contributed by atoms with E-state index >= 15 is 0 Å². The molecule has 0 unspecified atom stereocenters. The number of carbonyl (C=O) groups is 2.